The van der Waals surface area contributed by atoms with Crippen LogP contribution in [0.5, 0.6) is 11.5 Å². The van der Waals surface area contributed by atoms with Crippen LogP contribution < -0.4 is 14.8 Å². The predicted molar refractivity (Wildman–Crippen MR) is 89.5 cm³/mol. The van der Waals surface area contributed by atoms with Crippen molar-refractivity contribution in [3.05, 3.63) is 58.1 Å². The molecule has 0 saturated heterocycles. The predicted octanol–water partition coefficient (Wildman–Crippen LogP) is 3.32. The fourth-order valence-corrected chi connectivity index (χ4v) is 2.01. The fraction of sp³-hybridized carbons (Fsp3) is 0.235. The van der Waals surface area contributed by atoms with Crippen molar-refractivity contribution in [1.82, 2.24) is 0 Å². The monoisotopic (exact) mass is 330 g/mol. The van der Waals surface area contributed by atoms with Crippen LogP contribution >= 0.6 is 0 Å². The summed E-state index contributed by atoms with van der Waals surface area (Å²) < 4.78 is 10.7. The fourth-order valence-electron chi connectivity index (χ4n) is 2.01. The van der Waals surface area contributed by atoms with E-state index in [1.165, 1.54) is 25.3 Å². The summed E-state index contributed by atoms with van der Waals surface area (Å²) in [5, 5.41) is 13.4. The number of methoxy groups -OCH3 is 1. The molecule has 2 aromatic carbocycles. The van der Waals surface area contributed by atoms with Crippen LogP contribution in [0.2, 0.25) is 0 Å². The van der Waals surface area contributed by atoms with E-state index in [2.05, 4.69) is 5.32 Å². The van der Waals surface area contributed by atoms with Gasteiger partial charge in [-0.15, -0.1) is 0 Å². The van der Waals surface area contributed by atoms with Gasteiger partial charge in [-0.2, -0.15) is 0 Å². The minimum Gasteiger partial charge on any atom is -0.494 e. The van der Waals surface area contributed by atoms with Gasteiger partial charge in [0.1, 0.15) is 11.5 Å². The van der Waals surface area contributed by atoms with Crippen LogP contribution in [0.4, 0.5) is 11.4 Å². The van der Waals surface area contributed by atoms with E-state index < -0.39 is 11.0 Å². The van der Waals surface area contributed by atoms with E-state index in [1.807, 2.05) is 19.1 Å². The number of nitrogens with one attached hydrogen (secondary N) is 1. The van der Waals surface area contributed by atoms with Gasteiger partial charge in [0.05, 0.1) is 23.8 Å². The molecule has 7 heteroatoms. The number of hydrogen-bond donors (Lipinski definition) is 1. The second-order valence-electron chi connectivity index (χ2n) is 5.20. The molecule has 0 radical (unpaired) electrons. The first-order valence-corrected chi connectivity index (χ1v) is 7.27. The Morgan fingerprint density at radius 1 is 1.21 bits per heavy atom. The van der Waals surface area contributed by atoms with Crippen LogP contribution in [0.1, 0.15) is 12.5 Å². The molecule has 1 unspecified atom stereocenters. The number of nitro groups is 1. The normalized spacial score (nSPS) is 11.5. The summed E-state index contributed by atoms with van der Waals surface area (Å²) in [6.45, 7) is 3.58. The van der Waals surface area contributed by atoms with Gasteiger partial charge in [0.15, 0.2) is 6.10 Å². The average Bonchev–Trinajstić information content (AvgIpc) is 2.56. The molecular weight excluding hydrogens is 312 g/mol. The number of nitrogens with zero attached hydrogens (tertiary/aromatic N) is 1. The number of benzene rings is 2. The van der Waals surface area contributed by atoms with Crippen molar-refractivity contribution >= 4 is 17.3 Å². The number of amides is 1. The quantitative estimate of drug-likeness (QED) is 0.648. The molecule has 1 N–H and O–H groups in total. The Morgan fingerprint density at radius 2 is 1.88 bits per heavy atom. The van der Waals surface area contributed by atoms with Crippen molar-refractivity contribution in [3.8, 4) is 11.5 Å². The molecule has 2 aromatic rings. The molecule has 0 aliphatic rings. The minimum atomic E-state index is -0.743. The smallest absolute Gasteiger partial charge is 0.273 e. The summed E-state index contributed by atoms with van der Waals surface area (Å²) in [5.41, 5.74) is 1.32. The van der Waals surface area contributed by atoms with Crippen molar-refractivity contribution in [3.63, 3.8) is 0 Å². The molecule has 1 atom stereocenters. The molecule has 0 aromatic heterocycles. The van der Waals surface area contributed by atoms with E-state index in [9.17, 15) is 14.9 Å². The van der Waals surface area contributed by atoms with Gasteiger partial charge >= 0.3 is 0 Å². The van der Waals surface area contributed by atoms with Crippen LogP contribution in [0.15, 0.2) is 42.5 Å². The topological polar surface area (TPSA) is 90.7 Å². The zero-order valence-corrected chi connectivity index (χ0v) is 13.6. The molecule has 0 fully saturated rings. The Kier molecular flexibility index (Phi) is 5.36. The SMILES string of the molecule is COc1cc([N+](=O)[O-])ccc1NC(=O)C(C)Oc1ccc(C)cc1. The summed E-state index contributed by atoms with van der Waals surface area (Å²) in [4.78, 5) is 22.5. The maximum absolute atomic E-state index is 12.2. The van der Waals surface area contributed by atoms with Gasteiger partial charge in [-0.25, -0.2) is 0 Å². The van der Waals surface area contributed by atoms with E-state index in [0.717, 1.165) is 5.56 Å². The molecule has 0 spiro atoms. The summed E-state index contributed by atoms with van der Waals surface area (Å²) in [7, 11) is 1.38. The van der Waals surface area contributed by atoms with Gasteiger partial charge in [0.2, 0.25) is 0 Å². The zero-order valence-electron chi connectivity index (χ0n) is 13.6. The van der Waals surface area contributed by atoms with E-state index in [4.69, 9.17) is 9.47 Å². The molecule has 1 amide bonds. The van der Waals surface area contributed by atoms with Crippen LogP contribution in [0.25, 0.3) is 0 Å². The number of carbonyl (C=O) groups excluding carboxylic acids is 1. The third-order valence-corrected chi connectivity index (χ3v) is 3.36. The Balaban J connectivity index is 2.08. The molecule has 0 heterocycles. The molecule has 0 aliphatic heterocycles. The number of nitro benzene ring substituents is 1. The average molecular weight is 330 g/mol. The molecule has 126 valence electrons. The lowest BCUT2D eigenvalue weighted by Crippen LogP contribution is -2.30. The molecule has 0 aliphatic carbocycles. The Labute approximate surface area is 139 Å². The highest BCUT2D eigenvalue weighted by Crippen LogP contribution is 2.29. The van der Waals surface area contributed by atoms with Crippen molar-refractivity contribution in [2.75, 3.05) is 12.4 Å². The maximum Gasteiger partial charge on any atom is 0.273 e. The summed E-state index contributed by atoms with van der Waals surface area (Å²) in [6.07, 6.45) is -0.743. The zero-order chi connectivity index (χ0) is 17.7. The highest BCUT2D eigenvalue weighted by Gasteiger charge is 2.18. The van der Waals surface area contributed by atoms with Gasteiger partial charge < -0.3 is 14.8 Å². The number of carbonyl (C=O) groups is 1. The first-order valence-electron chi connectivity index (χ1n) is 7.27. The lowest BCUT2D eigenvalue weighted by molar-refractivity contribution is -0.384. The molecular formula is C17H18N2O5. The van der Waals surface area contributed by atoms with E-state index in [0.29, 0.717) is 11.4 Å². The minimum absolute atomic E-state index is 0.117. The molecule has 0 bridgehead atoms. The molecule has 2 rings (SSSR count). The van der Waals surface area contributed by atoms with Crippen molar-refractivity contribution in [2.24, 2.45) is 0 Å². The summed E-state index contributed by atoms with van der Waals surface area (Å²) >= 11 is 0. The van der Waals surface area contributed by atoms with Crippen molar-refractivity contribution in [2.45, 2.75) is 20.0 Å². The first kappa shape index (κ1) is 17.3. The lowest BCUT2D eigenvalue weighted by Gasteiger charge is -2.16. The van der Waals surface area contributed by atoms with Gasteiger partial charge in [-0.05, 0) is 32.0 Å². The Hall–Kier alpha value is -3.09. The number of non-ortho nitro benzene ring substituents is 1. The second-order valence-corrected chi connectivity index (χ2v) is 5.20. The largest absolute Gasteiger partial charge is 0.494 e. The molecule has 7 nitrogen and oxygen atoms in total. The third kappa shape index (κ3) is 4.22. The van der Waals surface area contributed by atoms with Crippen molar-refractivity contribution < 1.29 is 19.2 Å². The highest BCUT2D eigenvalue weighted by atomic mass is 16.6. The number of ether oxygens (including phenoxy) is 2. The Morgan fingerprint density at radius 3 is 2.46 bits per heavy atom. The van der Waals surface area contributed by atoms with Crippen LogP contribution in [0.3, 0.4) is 0 Å². The van der Waals surface area contributed by atoms with Crippen LogP contribution in [0, 0.1) is 17.0 Å². The summed E-state index contributed by atoms with van der Waals surface area (Å²) in [6, 6.07) is 11.3. The highest BCUT2D eigenvalue weighted by molar-refractivity contribution is 5.95. The summed E-state index contributed by atoms with van der Waals surface area (Å²) in [5.74, 6) is 0.404. The van der Waals surface area contributed by atoms with Gasteiger partial charge in [0.25, 0.3) is 11.6 Å². The second kappa shape index (κ2) is 7.45. The van der Waals surface area contributed by atoms with Crippen molar-refractivity contribution in [1.29, 1.82) is 0 Å². The van der Waals surface area contributed by atoms with Crippen LogP contribution in [-0.4, -0.2) is 24.0 Å². The first-order chi connectivity index (χ1) is 11.4. The number of aryl methyl sites for hydroxylation is 1. The number of rotatable bonds is 6. The lowest BCUT2D eigenvalue weighted by atomic mass is 10.2. The van der Waals surface area contributed by atoms with Crippen LogP contribution in [-0.2, 0) is 4.79 Å². The Bertz CT molecular complexity index is 743. The standard InChI is InChI=1S/C17H18N2O5/c1-11-4-7-14(8-5-11)24-12(2)17(20)18-15-9-6-13(19(21)22)10-16(15)23-3/h4-10,12H,1-3H3,(H,18,20). The van der Waals surface area contributed by atoms with Gasteiger partial charge in [-0.1, -0.05) is 17.7 Å². The molecule has 0 saturated carbocycles. The number of hydrogen-bond acceptors (Lipinski definition) is 5. The maximum atomic E-state index is 12.2. The van der Waals surface area contributed by atoms with Gasteiger partial charge in [0, 0.05) is 6.07 Å². The van der Waals surface area contributed by atoms with E-state index in [1.54, 1.807) is 19.1 Å². The third-order valence-electron chi connectivity index (χ3n) is 3.36. The molecule has 24 heavy (non-hydrogen) atoms. The number of anilines is 1. The van der Waals surface area contributed by atoms with Gasteiger partial charge in [-0.3, -0.25) is 14.9 Å². The van der Waals surface area contributed by atoms with E-state index in [-0.39, 0.29) is 17.3 Å². The van der Waals surface area contributed by atoms with E-state index >= 15 is 0 Å².